The van der Waals surface area contributed by atoms with Crippen LogP contribution in [-0.4, -0.2) is 82.2 Å². The van der Waals surface area contributed by atoms with Crippen LogP contribution in [0.4, 0.5) is 4.39 Å². The Kier molecular flexibility index (Phi) is 5.38. The second-order valence-corrected chi connectivity index (χ2v) is 6.73. The number of amides is 2. The molecule has 0 radical (unpaired) electrons. The second-order valence-electron chi connectivity index (χ2n) is 5.44. The van der Waals surface area contributed by atoms with Gasteiger partial charge in [0.1, 0.15) is 17.9 Å². The first-order valence-corrected chi connectivity index (χ1v) is 8.24. The van der Waals surface area contributed by atoms with Crippen molar-refractivity contribution in [3.63, 3.8) is 0 Å². The molecule has 2 aliphatic rings. The average molecular weight is 367 g/mol. The molecule has 0 aromatic heterocycles. The number of benzene rings is 1. The number of rotatable bonds is 3. The van der Waals surface area contributed by atoms with E-state index in [1.165, 1.54) is 24.3 Å². The van der Waals surface area contributed by atoms with Gasteiger partial charge < -0.3 is 10.6 Å². The van der Waals surface area contributed by atoms with Crippen LogP contribution in [0.1, 0.15) is 18.0 Å². The van der Waals surface area contributed by atoms with Gasteiger partial charge in [-0.15, -0.1) is 0 Å². The van der Waals surface area contributed by atoms with Crippen molar-refractivity contribution in [3.8, 4) is 0 Å². The Hall–Kier alpha value is -1.04. The first kappa shape index (κ1) is 19.3. The van der Waals surface area contributed by atoms with Crippen LogP contribution in [-0.2, 0) is 19.9 Å². The number of nitrogens with two attached hydrogens (primary N) is 1. The zero-order valence-electron chi connectivity index (χ0n) is 11.8. The van der Waals surface area contributed by atoms with Gasteiger partial charge in [-0.3, -0.25) is 14.1 Å². The number of halogens is 1. The number of hydrogen-bond donors (Lipinski definition) is 2. The van der Waals surface area contributed by atoms with E-state index in [2.05, 4.69) is 0 Å². The zero-order chi connectivity index (χ0) is 16.9. The third-order valence-corrected chi connectivity index (χ3v) is 5.12. The maximum atomic E-state index is 13.7. The molecule has 1 aromatic carbocycles. The Morgan fingerprint density at radius 1 is 1.38 bits per heavy atom. The molecule has 2 saturated heterocycles. The summed E-state index contributed by atoms with van der Waals surface area (Å²) < 4.78 is 45.3. The Morgan fingerprint density at radius 3 is 2.58 bits per heavy atom. The summed E-state index contributed by atoms with van der Waals surface area (Å²) >= 11 is 0. The SMILES string of the molecule is NC(C(=O)N1CC[C@@H]2[C@H]1C(=O)N2S(=O)(=O)O)c1ccccc1F.[NaH]. The van der Waals surface area contributed by atoms with Crippen molar-refractivity contribution in [3.05, 3.63) is 35.6 Å². The third kappa shape index (κ3) is 2.98. The molecule has 2 aliphatic heterocycles. The van der Waals surface area contributed by atoms with E-state index < -0.39 is 46.1 Å². The van der Waals surface area contributed by atoms with Crippen LogP contribution in [0.3, 0.4) is 0 Å². The molecule has 126 valence electrons. The summed E-state index contributed by atoms with van der Waals surface area (Å²) in [6.45, 7) is 0.105. The standard InChI is InChI=1S/C13H14FN3O5S.Na.H/c14-8-4-2-1-3-7(8)10(15)12(18)16-6-5-9-11(16)13(19)17(9)23(20,21)22;;/h1-4,9-11H,5-6,15H2,(H,20,21,22);;/t9-,10?,11+;;/m1../s1. The fourth-order valence-corrected chi connectivity index (χ4v) is 4.00. The van der Waals surface area contributed by atoms with Gasteiger partial charge in [-0.05, 0) is 12.5 Å². The number of fused-ring (bicyclic) bond motifs is 1. The molecule has 3 N–H and O–H groups in total. The van der Waals surface area contributed by atoms with Crippen molar-refractivity contribution < 1.29 is 27.0 Å². The van der Waals surface area contributed by atoms with E-state index in [1.54, 1.807) is 0 Å². The molecule has 2 fully saturated rings. The van der Waals surface area contributed by atoms with Gasteiger partial charge in [0.2, 0.25) is 5.91 Å². The van der Waals surface area contributed by atoms with Crippen LogP contribution in [0.2, 0.25) is 0 Å². The zero-order valence-corrected chi connectivity index (χ0v) is 12.6. The number of hydrogen-bond acceptors (Lipinski definition) is 5. The molecular weight excluding hydrogens is 352 g/mol. The van der Waals surface area contributed by atoms with E-state index >= 15 is 0 Å². The first-order chi connectivity index (χ1) is 10.7. The average Bonchev–Trinajstić information content (AvgIpc) is 2.83. The minimum atomic E-state index is -4.64. The topological polar surface area (TPSA) is 121 Å². The molecule has 1 aromatic rings. The fourth-order valence-electron chi connectivity index (χ4n) is 3.10. The summed E-state index contributed by atoms with van der Waals surface area (Å²) in [6, 6.07) is 2.47. The molecule has 0 saturated carbocycles. The van der Waals surface area contributed by atoms with Gasteiger partial charge in [0.05, 0.1) is 6.04 Å². The monoisotopic (exact) mass is 367 g/mol. The van der Waals surface area contributed by atoms with Crippen LogP contribution >= 0.6 is 0 Å². The molecular formula is C13H15FN3NaO5S. The fraction of sp³-hybridized carbons (Fsp3) is 0.385. The van der Waals surface area contributed by atoms with Crippen LogP contribution in [0.15, 0.2) is 24.3 Å². The van der Waals surface area contributed by atoms with Crippen molar-refractivity contribution in [2.24, 2.45) is 5.73 Å². The summed E-state index contributed by atoms with van der Waals surface area (Å²) in [5.41, 5.74) is 5.79. The van der Waals surface area contributed by atoms with Gasteiger partial charge in [-0.1, -0.05) is 18.2 Å². The molecule has 0 aliphatic carbocycles. The van der Waals surface area contributed by atoms with Crippen molar-refractivity contribution in [1.29, 1.82) is 0 Å². The van der Waals surface area contributed by atoms with E-state index in [9.17, 15) is 22.4 Å². The van der Waals surface area contributed by atoms with Gasteiger partial charge in [0, 0.05) is 12.1 Å². The van der Waals surface area contributed by atoms with Gasteiger partial charge in [0.15, 0.2) is 0 Å². The second kappa shape index (κ2) is 6.70. The van der Waals surface area contributed by atoms with Gasteiger partial charge in [-0.2, -0.15) is 8.42 Å². The van der Waals surface area contributed by atoms with Gasteiger partial charge in [0.25, 0.3) is 5.91 Å². The predicted molar refractivity (Wildman–Crippen MR) is 82.8 cm³/mol. The van der Waals surface area contributed by atoms with Crippen molar-refractivity contribution >= 4 is 51.7 Å². The predicted octanol–water partition coefficient (Wildman–Crippen LogP) is -1.21. The Morgan fingerprint density at radius 2 is 2.00 bits per heavy atom. The van der Waals surface area contributed by atoms with E-state index in [0.29, 0.717) is 4.31 Å². The Balaban J connectivity index is 0.00000208. The van der Waals surface area contributed by atoms with Crippen LogP contribution in [0.25, 0.3) is 0 Å². The number of carbonyl (C=O) groups is 2. The molecule has 0 bridgehead atoms. The van der Waals surface area contributed by atoms with E-state index in [4.69, 9.17) is 10.3 Å². The number of β-lactam (4-membered cyclic amide) rings is 1. The molecule has 0 spiro atoms. The Labute approximate surface area is 159 Å². The maximum absolute atomic E-state index is 13.7. The van der Waals surface area contributed by atoms with E-state index in [1.807, 2.05) is 0 Å². The van der Waals surface area contributed by atoms with E-state index in [-0.39, 0.29) is 48.1 Å². The van der Waals surface area contributed by atoms with E-state index in [0.717, 1.165) is 4.90 Å². The molecule has 3 atom stereocenters. The molecule has 8 nitrogen and oxygen atoms in total. The normalized spacial score (nSPS) is 24.0. The number of carbonyl (C=O) groups excluding carboxylic acids is 2. The van der Waals surface area contributed by atoms with Crippen LogP contribution in [0, 0.1) is 5.82 Å². The van der Waals surface area contributed by atoms with Crippen molar-refractivity contribution in [2.75, 3.05) is 6.54 Å². The summed E-state index contributed by atoms with van der Waals surface area (Å²) in [6.07, 6.45) is 0.200. The van der Waals surface area contributed by atoms with Crippen LogP contribution in [0.5, 0.6) is 0 Å². The summed E-state index contributed by atoms with van der Waals surface area (Å²) in [5.74, 6) is -2.18. The van der Waals surface area contributed by atoms with Crippen LogP contribution < -0.4 is 5.73 Å². The van der Waals surface area contributed by atoms with Crippen molar-refractivity contribution in [1.82, 2.24) is 9.21 Å². The summed E-state index contributed by atoms with van der Waals surface area (Å²) in [7, 11) is -4.64. The quantitative estimate of drug-likeness (QED) is 0.393. The summed E-state index contributed by atoms with van der Waals surface area (Å²) in [4.78, 5) is 25.5. The number of nitrogens with zero attached hydrogens (tertiary/aromatic N) is 2. The van der Waals surface area contributed by atoms with Gasteiger partial charge >= 0.3 is 39.9 Å². The molecule has 1 unspecified atom stereocenters. The molecule has 3 rings (SSSR count). The molecule has 2 amide bonds. The Bertz CT molecular complexity index is 790. The van der Waals surface area contributed by atoms with Gasteiger partial charge in [-0.25, -0.2) is 8.70 Å². The third-order valence-electron chi connectivity index (χ3n) is 4.18. The molecule has 11 heteroatoms. The minimum absolute atomic E-state index is 0. The number of likely N-dealkylation sites (tertiary alicyclic amines) is 1. The summed E-state index contributed by atoms with van der Waals surface area (Å²) in [5, 5.41) is 0. The first-order valence-electron chi connectivity index (χ1n) is 6.84. The van der Waals surface area contributed by atoms with Crippen molar-refractivity contribution in [2.45, 2.75) is 24.5 Å². The molecule has 24 heavy (non-hydrogen) atoms. The molecule has 2 heterocycles.